The Morgan fingerprint density at radius 2 is 1.64 bits per heavy atom. The summed E-state index contributed by atoms with van der Waals surface area (Å²) in [7, 11) is 1.80. The lowest BCUT2D eigenvalue weighted by atomic mass is 10.2. The average molecular weight is 339 g/mol. The number of anilines is 1. The van der Waals surface area contributed by atoms with Gasteiger partial charge in [0.1, 0.15) is 0 Å². The van der Waals surface area contributed by atoms with Crippen molar-refractivity contribution in [3.05, 3.63) is 59.9 Å². The number of aromatic nitrogens is 1. The average Bonchev–Trinajstić information content (AvgIpc) is 2.61. The van der Waals surface area contributed by atoms with Crippen LogP contribution in [0.5, 0.6) is 0 Å². The highest BCUT2D eigenvalue weighted by atomic mass is 16.2. The second-order valence-corrected chi connectivity index (χ2v) is 6.18. The van der Waals surface area contributed by atoms with Gasteiger partial charge in [-0.05, 0) is 43.2 Å². The SMILES string of the molecule is CC(=O)N(CCC(=O)N(C)CCc1ccncc1)c1ccc(C)cc1. The summed E-state index contributed by atoms with van der Waals surface area (Å²) < 4.78 is 0. The lowest BCUT2D eigenvalue weighted by Crippen LogP contribution is -2.35. The summed E-state index contributed by atoms with van der Waals surface area (Å²) >= 11 is 0. The van der Waals surface area contributed by atoms with Gasteiger partial charge in [0.15, 0.2) is 0 Å². The summed E-state index contributed by atoms with van der Waals surface area (Å²) in [4.78, 5) is 31.6. The number of likely N-dealkylation sites (N-methyl/N-ethyl adjacent to an activating group) is 1. The monoisotopic (exact) mass is 339 g/mol. The molecule has 0 saturated carbocycles. The number of amides is 2. The third-order valence-electron chi connectivity index (χ3n) is 4.19. The van der Waals surface area contributed by atoms with Crippen LogP contribution in [-0.4, -0.2) is 41.8 Å². The number of hydrogen-bond acceptors (Lipinski definition) is 3. The van der Waals surface area contributed by atoms with Crippen LogP contribution in [0.2, 0.25) is 0 Å². The molecule has 5 nitrogen and oxygen atoms in total. The van der Waals surface area contributed by atoms with E-state index >= 15 is 0 Å². The van der Waals surface area contributed by atoms with E-state index in [1.54, 1.807) is 29.2 Å². The summed E-state index contributed by atoms with van der Waals surface area (Å²) in [6.45, 7) is 4.56. The van der Waals surface area contributed by atoms with E-state index in [1.165, 1.54) is 6.92 Å². The highest BCUT2D eigenvalue weighted by Gasteiger charge is 2.15. The van der Waals surface area contributed by atoms with E-state index in [9.17, 15) is 9.59 Å². The Labute approximate surface area is 149 Å². The number of pyridine rings is 1. The topological polar surface area (TPSA) is 53.5 Å². The first-order chi connectivity index (χ1) is 12.0. The lowest BCUT2D eigenvalue weighted by molar-refractivity contribution is -0.129. The van der Waals surface area contributed by atoms with E-state index in [4.69, 9.17) is 0 Å². The molecule has 2 rings (SSSR count). The minimum atomic E-state index is -0.0592. The van der Waals surface area contributed by atoms with Crippen molar-refractivity contribution >= 4 is 17.5 Å². The van der Waals surface area contributed by atoms with Crippen LogP contribution in [0, 0.1) is 6.92 Å². The molecule has 0 aliphatic heterocycles. The molecule has 0 unspecified atom stereocenters. The van der Waals surface area contributed by atoms with Crippen molar-refractivity contribution < 1.29 is 9.59 Å². The van der Waals surface area contributed by atoms with E-state index < -0.39 is 0 Å². The third-order valence-corrected chi connectivity index (χ3v) is 4.19. The Morgan fingerprint density at radius 3 is 2.24 bits per heavy atom. The Balaban J connectivity index is 1.87. The minimum Gasteiger partial charge on any atom is -0.345 e. The molecule has 2 aromatic rings. The zero-order chi connectivity index (χ0) is 18.2. The van der Waals surface area contributed by atoms with E-state index in [0.29, 0.717) is 19.5 Å². The van der Waals surface area contributed by atoms with Gasteiger partial charge in [-0.3, -0.25) is 14.6 Å². The predicted octanol–water partition coefficient (Wildman–Crippen LogP) is 2.83. The van der Waals surface area contributed by atoms with Crippen LogP contribution in [-0.2, 0) is 16.0 Å². The van der Waals surface area contributed by atoms with E-state index in [2.05, 4.69) is 4.98 Å². The number of aryl methyl sites for hydroxylation is 1. The molecule has 0 bridgehead atoms. The molecule has 0 fully saturated rings. The van der Waals surface area contributed by atoms with Crippen LogP contribution in [0.1, 0.15) is 24.5 Å². The zero-order valence-electron chi connectivity index (χ0n) is 15.1. The second kappa shape index (κ2) is 8.97. The normalized spacial score (nSPS) is 10.4. The van der Waals surface area contributed by atoms with Crippen LogP contribution in [0.25, 0.3) is 0 Å². The zero-order valence-corrected chi connectivity index (χ0v) is 15.1. The maximum Gasteiger partial charge on any atom is 0.224 e. The molecule has 0 N–H and O–H groups in total. The van der Waals surface area contributed by atoms with Gasteiger partial charge in [-0.2, -0.15) is 0 Å². The Hall–Kier alpha value is -2.69. The van der Waals surface area contributed by atoms with Gasteiger partial charge >= 0.3 is 0 Å². The van der Waals surface area contributed by atoms with Crippen molar-refractivity contribution in [1.82, 2.24) is 9.88 Å². The molecule has 5 heteroatoms. The number of rotatable bonds is 7. The second-order valence-electron chi connectivity index (χ2n) is 6.18. The summed E-state index contributed by atoms with van der Waals surface area (Å²) in [6.07, 6.45) is 4.60. The molecule has 25 heavy (non-hydrogen) atoms. The van der Waals surface area contributed by atoms with Crippen LogP contribution in [0.15, 0.2) is 48.8 Å². The van der Waals surface area contributed by atoms with Crippen molar-refractivity contribution in [2.45, 2.75) is 26.7 Å². The molecular formula is C20H25N3O2. The molecule has 1 aromatic heterocycles. The van der Waals surface area contributed by atoms with Gasteiger partial charge in [-0.15, -0.1) is 0 Å². The highest BCUT2D eigenvalue weighted by Crippen LogP contribution is 2.16. The van der Waals surface area contributed by atoms with Crippen LogP contribution >= 0.6 is 0 Å². The smallest absolute Gasteiger partial charge is 0.224 e. The summed E-state index contributed by atoms with van der Waals surface area (Å²) in [5.74, 6) is -0.0245. The van der Waals surface area contributed by atoms with Crippen molar-refractivity contribution in [3.8, 4) is 0 Å². The molecule has 0 atom stereocenters. The number of hydrogen-bond donors (Lipinski definition) is 0. The molecule has 0 aliphatic rings. The number of carbonyl (C=O) groups excluding carboxylic acids is 2. The van der Waals surface area contributed by atoms with Gasteiger partial charge in [0.05, 0.1) is 0 Å². The van der Waals surface area contributed by atoms with Crippen molar-refractivity contribution in [3.63, 3.8) is 0 Å². The van der Waals surface area contributed by atoms with Crippen molar-refractivity contribution in [2.24, 2.45) is 0 Å². The Morgan fingerprint density at radius 1 is 1.00 bits per heavy atom. The summed E-state index contributed by atoms with van der Waals surface area (Å²) in [6, 6.07) is 11.7. The molecule has 0 spiro atoms. The number of benzene rings is 1. The van der Waals surface area contributed by atoms with Crippen LogP contribution < -0.4 is 4.90 Å². The van der Waals surface area contributed by atoms with Gasteiger partial charge in [-0.1, -0.05) is 17.7 Å². The van der Waals surface area contributed by atoms with E-state index in [-0.39, 0.29) is 11.8 Å². The predicted molar refractivity (Wildman–Crippen MR) is 99.4 cm³/mol. The molecule has 0 saturated heterocycles. The molecule has 132 valence electrons. The van der Waals surface area contributed by atoms with E-state index in [0.717, 1.165) is 23.2 Å². The fourth-order valence-electron chi connectivity index (χ4n) is 2.56. The van der Waals surface area contributed by atoms with Crippen LogP contribution in [0.4, 0.5) is 5.69 Å². The first-order valence-corrected chi connectivity index (χ1v) is 8.45. The van der Waals surface area contributed by atoms with E-state index in [1.807, 2.05) is 43.3 Å². The first kappa shape index (κ1) is 18.6. The number of carbonyl (C=O) groups is 2. The summed E-state index contributed by atoms with van der Waals surface area (Å²) in [5.41, 5.74) is 3.11. The minimum absolute atomic E-state index is 0.0346. The summed E-state index contributed by atoms with van der Waals surface area (Å²) in [5, 5.41) is 0. The Kier molecular flexibility index (Phi) is 6.69. The Bertz CT molecular complexity index is 699. The van der Waals surface area contributed by atoms with Crippen molar-refractivity contribution in [2.75, 3.05) is 25.0 Å². The molecule has 0 aliphatic carbocycles. The van der Waals surface area contributed by atoms with Crippen LogP contribution in [0.3, 0.4) is 0 Å². The molecule has 2 amide bonds. The maximum absolute atomic E-state index is 12.4. The first-order valence-electron chi connectivity index (χ1n) is 8.45. The fourth-order valence-corrected chi connectivity index (χ4v) is 2.56. The molecular weight excluding hydrogens is 314 g/mol. The molecule has 0 radical (unpaired) electrons. The van der Waals surface area contributed by atoms with Crippen molar-refractivity contribution in [1.29, 1.82) is 0 Å². The molecule has 1 heterocycles. The standard InChI is InChI=1S/C20H25N3O2/c1-16-4-6-19(7-5-16)23(17(2)24)15-11-20(25)22(3)14-10-18-8-12-21-13-9-18/h4-9,12-13H,10-11,14-15H2,1-3H3. The quantitative estimate of drug-likeness (QED) is 0.779. The lowest BCUT2D eigenvalue weighted by Gasteiger charge is -2.23. The van der Waals surface area contributed by atoms with Gasteiger partial charge < -0.3 is 9.80 Å². The molecule has 1 aromatic carbocycles. The van der Waals surface area contributed by atoms with Gasteiger partial charge in [-0.25, -0.2) is 0 Å². The number of nitrogens with zero attached hydrogens (tertiary/aromatic N) is 3. The third kappa shape index (κ3) is 5.71. The van der Waals surface area contributed by atoms with Gasteiger partial charge in [0.25, 0.3) is 0 Å². The largest absolute Gasteiger partial charge is 0.345 e. The van der Waals surface area contributed by atoms with Gasteiger partial charge in [0, 0.05) is 51.6 Å². The highest BCUT2D eigenvalue weighted by molar-refractivity contribution is 5.92. The fraction of sp³-hybridized carbons (Fsp3) is 0.350. The van der Waals surface area contributed by atoms with Gasteiger partial charge in [0.2, 0.25) is 11.8 Å². The maximum atomic E-state index is 12.4.